The van der Waals surface area contributed by atoms with E-state index < -0.39 is 0 Å². The van der Waals surface area contributed by atoms with Crippen LogP contribution < -0.4 is 5.32 Å². The van der Waals surface area contributed by atoms with Crippen molar-refractivity contribution < 1.29 is 9.18 Å². The monoisotopic (exact) mass is 304 g/mol. The Labute approximate surface area is 126 Å². The molecule has 3 saturated heterocycles. The van der Waals surface area contributed by atoms with Crippen LogP contribution in [0.1, 0.15) is 22.5 Å². The molecule has 0 aliphatic carbocycles. The number of hydrogen-bond acceptors (Lipinski definition) is 3. The van der Waals surface area contributed by atoms with Gasteiger partial charge in [-0.05, 0) is 61.5 Å². The standard InChI is InChI=1S/C16H17FN2OS/c17-12-1-2-14-11(7-12)8-15(21-14)16(20)18-13-9-19-5-3-10(13)4-6-19/h1-2,7-8,10,13H,3-6,9H2,(H,18,20)/t13-/m1/s1. The summed E-state index contributed by atoms with van der Waals surface area (Å²) in [6.45, 7) is 3.30. The van der Waals surface area contributed by atoms with Gasteiger partial charge in [0, 0.05) is 17.3 Å². The molecular formula is C16H17FN2OS. The first-order chi connectivity index (χ1) is 10.2. The smallest absolute Gasteiger partial charge is 0.261 e. The van der Waals surface area contributed by atoms with Crippen LogP contribution in [0.5, 0.6) is 0 Å². The molecule has 2 aromatic rings. The lowest BCUT2D eigenvalue weighted by Crippen LogP contribution is -2.57. The van der Waals surface area contributed by atoms with Crippen LogP contribution in [0, 0.1) is 11.7 Å². The number of carbonyl (C=O) groups is 1. The number of carbonyl (C=O) groups excluding carboxylic acids is 1. The molecule has 110 valence electrons. The Morgan fingerprint density at radius 2 is 2.10 bits per heavy atom. The fraction of sp³-hybridized carbons (Fsp3) is 0.438. The van der Waals surface area contributed by atoms with Crippen LogP contribution in [-0.2, 0) is 0 Å². The van der Waals surface area contributed by atoms with Crippen molar-refractivity contribution in [3.05, 3.63) is 35.0 Å². The molecular weight excluding hydrogens is 287 g/mol. The van der Waals surface area contributed by atoms with Crippen molar-refractivity contribution in [2.75, 3.05) is 19.6 Å². The van der Waals surface area contributed by atoms with Crippen molar-refractivity contribution >= 4 is 27.3 Å². The van der Waals surface area contributed by atoms with E-state index in [-0.39, 0.29) is 17.8 Å². The molecule has 3 aliphatic heterocycles. The third-order valence-electron chi connectivity index (χ3n) is 4.67. The minimum absolute atomic E-state index is 0.0182. The number of amides is 1. The third kappa shape index (κ3) is 2.45. The fourth-order valence-electron chi connectivity index (χ4n) is 3.49. The highest BCUT2D eigenvalue weighted by Gasteiger charge is 2.35. The van der Waals surface area contributed by atoms with E-state index in [0.29, 0.717) is 10.8 Å². The molecule has 2 bridgehead atoms. The molecule has 0 radical (unpaired) electrons. The topological polar surface area (TPSA) is 32.3 Å². The van der Waals surface area contributed by atoms with Crippen LogP contribution in [-0.4, -0.2) is 36.5 Å². The van der Waals surface area contributed by atoms with Crippen LogP contribution in [0.4, 0.5) is 4.39 Å². The van der Waals surface area contributed by atoms with E-state index in [0.717, 1.165) is 16.6 Å². The number of rotatable bonds is 2. The molecule has 0 unspecified atom stereocenters. The Morgan fingerprint density at radius 1 is 1.29 bits per heavy atom. The molecule has 1 amide bonds. The molecule has 3 aliphatic rings. The molecule has 0 spiro atoms. The Hall–Kier alpha value is -1.46. The van der Waals surface area contributed by atoms with E-state index in [2.05, 4.69) is 10.2 Å². The first-order valence-corrected chi connectivity index (χ1v) is 8.23. The summed E-state index contributed by atoms with van der Waals surface area (Å²) < 4.78 is 14.2. The zero-order valence-corrected chi connectivity index (χ0v) is 12.5. The second kappa shape index (κ2) is 5.07. The van der Waals surface area contributed by atoms with Crippen LogP contribution in [0.25, 0.3) is 10.1 Å². The number of halogens is 1. The van der Waals surface area contributed by atoms with Gasteiger partial charge in [-0.25, -0.2) is 4.39 Å². The Morgan fingerprint density at radius 3 is 2.81 bits per heavy atom. The lowest BCUT2D eigenvalue weighted by Gasteiger charge is -2.44. The lowest BCUT2D eigenvalue weighted by molar-refractivity contribution is 0.0622. The quantitative estimate of drug-likeness (QED) is 0.925. The number of hydrogen-bond donors (Lipinski definition) is 1. The van der Waals surface area contributed by atoms with Crippen molar-refractivity contribution in [2.45, 2.75) is 18.9 Å². The zero-order chi connectivity index (χ0) is 14.4. The van der Waals surface area contributed by atoms with Crippen molar-refractivity contribution in [1.82, 2.24) is 10.2 Å². The molecule has 1 aromatic carbocycles. The van der Waals surface area contributed by atoms with Crippen LogP contribution >= 0.6 is 11.3 Å². The van der Waals surface area contributed by atoms with Gasteiger partial charge in [0.05, 0.1) is 4.88 Å². The number of benzene rings is 1. The average Bonchev–Trinajstić information content (AvgIpc) is 2.91. The van der Waals surface area contributed by atoms with E-state index in [1.165, 1.54) is 49.4 Å². The second-order valence-electron chi connectivity index (χ2n) is 6.01. The van der Waals surface area contributed by atoms with E-state index in [4.69, 9.17) is 0 Å². The summed E-state index contributed by atoms with van der Waals surface area (Å²) >= 11 is 1.43. The number of nitrogens with zero attached hydrogens (tertiary/aromatic N) is 1. The first-order valence-electron chi connectivity index (χ1n) is 7.41. The van der Waals surface area contributed by atoms with Gasteiger partial charge in [-0.2, -0.15) is 0 Å². The predicted octanol–water partition coefficient (Wildman–Crippen LogP) is 2.86. The maximum Gasteiger partial charge on any atom is 0.261 e. The van der Waals surface area contributed by atoms with Gasteiger partial charge < -0.3 is 10.2 Å². The Balaban J connectivity index is 1.53. The summed E-state index contributed by atoms with van der Waals surface area (Å²) in [6, 6.07) is 6.72. The molecule has 0 saturated carbocycles. The highest BCUT2D eigenvalue weighted by Crippen LogP contribution is 2.29. The fourth-order valence-corrected chi connectivity index (χ4v) is 4.44. The molecule has 3 fully saturated rings. The maximum atomic E-state index is 13.2. The number of nitrogens with one attached hydrogen (secondary N) is 1. The molecule has 5 rings (SSSR count). The summed E-state index contributed by atoms with van der Waals surface area (Å²) in [5, 5.41) is 3.98. The summed E-state index contributed by atoms with van der Waals surface area (Å²) in [5.74, 6) is 0.339. The minimum atomic E-state index is -0.260. The third-order valence-corrected chi connectivity index (χ3v) is 5.79. The first kappa shape index (κ1) is 13.2. The van der Waals surface area contributed by atoms with E-state index in [9.17, 15) is 9.18 Å². The van der Waals surface area contributed by atoms with Crippen LogP contribution in [0.3, 0.4) is 0 Å². The summed E-state index contributed by atoms with van der Waals surface area (Å²) in [5.41, 5.74) is 0. The van der Waals surface area contributed by atoms with Gasteiger partial charge in [0.15, 0.2) is 0 Å². The molecule has 1 N–H and O–H groups in total. The molecule has 1 aromatic heterocycles. The summed E-state index contributed by atoms with van der Waals surface area (Å²) in [6.07, 6.45) is 2.37. The highest BCUT2D eigenvalue weighted by molar-refractivity contribution is 7.20. The van der Waals surface area contributed by atoms with Gasteiger partial charge in [-0.15, -0.1) is 11.3 Å². The lowest BCUT2D eigenvalue weighted by atomic mass is 9.84. The second-order valence-corrected chi connectivity index (χ2v) is 7.09. The van der Waals surface area contributed by atoms with Crippen molar-refractivity contribution in [2.24, 2.45) is 5.92 Å². The summed E-state index contributed by atoms with van der Waals surface area (Å²) in [4.78, 5) is 15.5. The molecule has 5 heteroatoms. The Kier molecular flexibility index (Phi) is 3.19. The van der Waals surface area contributed by atoms with Gasteiger partial charge in [-0.1, -0.05) is 0 Å². The largest absolute Gasteiger partial charge is 0.347 e. The van der Waals surface area contributed by atoms with Gasteiger partial charge in [0.1, 0.15) is 5.82 Å². The number of thiophene rings is 1. The number of fused-ring (bicyclic) bond motifs is 4. The molecule has 21 heavy (non-hydrogen) atoms. The van der Waals surface area contributed by atoms with Crippen LogP contribution in [0.2, 0.25) is 0 Å². The maximum absolute atomic E-state index is 13.2. The van der Waals surface area contributed by atoms with Gasteiger partial charge in [0.25, 0.3) is 5.91 Å². The molecule has 1 atom stereocenters. The average molecular weight is 304 g/mol. The normalized spacial score (nSPS) is 28.0. The van der Waals surface area contributed by atoms with E-state index in [1.54, 1.807) is 12.1 Å². The SMILES string of the molecule is O=C(N[C@@H]1CN2CCC1CC2)c1cc2cc(F)ccc2s1. The van der Waals surface area contributed by atoms with E-state index in [1.807, 2.05) is 0 Å². The minimum Gasteiger partial charge on any atom is -0.347 e. The van der Waals surface area contributed by atoms with Crippen LogP contribution in [0.15, 0.2) is 24.3 Å². The van der Waals surface area contributed by atoms with Gasteiger partial charge in [0.2, 0.25) is 0 Å². The molecule has 4 heterocycles. The predicted molar refractivity (Wildman–Crippen MR) is 82.2 cm³/mol. The zero-order valence-electron chi connectivity index (χ0n) is 11.6. The van der Waals surface area contributed by atoms with Gasteiger partial charge in [-0.3, -0.25) is 4.79 Å². The van der Waals surface area contributed by atoms with E-state index >= 15 is 0 Å². The van der Waals surface area contributed by atoms with Crippen molar-refractivity contribution in [3.63, 3.8) is 0 Å². The van der Waals surface area contributed by atoms with Crippen molar-refractivity contribution in [3.8, 4) is 0 Å². The molecule has 3 nitrogen and oxygen atoms in total. The Bertz CT molecular complexity index is 691. The summed E-state index contributed by atoms with van der Waals surface area (Å²) in [7, 11) is 0. The highest BCUT2D eigenvalue weighted by atomic mass is 32.1. The number of piperidine rings is 3. The van der Waals surface area contributed by atoms with Crippen molar-refractivity contribution in [1.29, 1.82) is 0 Å². The van der Waals surface area contributed by atoms with Gasteiger partial charge >= 0.3 is 0 Å².